The smallest absolute Gasteiger partial charge is 0.0633 e. The van der Waals surface area contributed by atoms with Gasteiger partial charge in [-0.25, -0.2) is 0 Å². The third-order valence-electron chi connectivity index (χ3n) is 10.4. The molecule has 2 aromatic rings. The molecule has 2 aliphatic heterocycles. The third-order valence-corrected chi connectivity index (χ3v) is 11.8. The van der Waals surface area contributed by atoms with Crippen LogP contribution in [0.2, 0.25) is 0 Å². The van der Waals surface area contributed by atoms with Crippen molar-refractivity contribution < 1.29 is 0 Å². The lowest BCUT2D eigenvalue weighted by molar-refractivity contribution is 0.117. The molecule has 0 N–H and O–H groups in total. The summed E-state index contributed by atoms with van der Waals surface area (Å²) in [5.41, 5.74) is 9.20. The minimum absolute atomic E-state index is 0.319. The van der Waals surface area contributed by atoms with Crippen molar-refractivity contribution >= 4 is 23.0 Å². The summed E-state index contributed by atoms with van der Waals surface area (Å²) in [6.07, 6.45) is 34.2. The Morgan fingerprint density at radius 3 is 2.70 bits per heavy atom. The van der Waals surface area contributed by atoms with Crippen LogP contribution in [-0.4, -0.2) is 34.0 Å². The van der Waals surface area contributed by atoms with Crippen molar-refractivity contribution in [3.63, 3.8) is 0 Å². The monoisotopic (exact) mass is 624 g/mol. The first-order chi connectivity index (χ1) is 22.6. The molecule has 2 heterocycles. The maximum atomic E-state index is 5.37. The molecule has 3 aliphatic carbocycles. The number of rotatable bonds is 9. The van der Waals surface area contributed by atoms with Crippen LogP contribution in [0.15, 0.2) is 137 Å². The minimum Gasteiger partial charge on any atom is -0.284 e. The Morgan fingerprint density at radius 2 is 1.85 bits per heavy atom. The van der Waals surface area contributed by atoms with Crippen LogP contribution >= 0.6 is 11.8 Å². The first kappa shape index (κ1) is 31.2. The zero-order valence-corrected chi connectivity index (χ0v) is 28.5. The summed E-state index contributed by atoms with van der Waals surface area (Å²) >= 11 is 2.00. The van der Waals surface area contributed by atoms with E-state index in [1.165, 1.54) is 63.4 Å². The molecule has 0 spiro atoms. The normalized spacial score (nSPS) is 27.6. The van der Waals surface area contributed by atoms with Crippen molar-refractivity contribution in [1.82, 2.24) is 4.90 Å². The largest absolute Gasteiger partial charge is 0.284 e. The Bertz CT molecular complexity index is 1680. The molecule has 0 saturated heterocycles. The molecule has 46 heavy (non-hydrogen) atoms. The van der Waals surface area contributed by atoms with E-state index >= 15 is 0 Å². The lowest BCUT2D eigenvalue weighted by atomic mass is 9.79. The van der Waals surface area contributed by atoms with Gasteiger partial charge in [0.1, 0.15) is 0 Å². The van der Waals surface area contributed by atoms with Gasteiger partial charge in [0.05, 0.1) is 16.7 Å². The lowest BCUT2D eigenvalue weighted by Gasteiger charge is -2.43. The van der Waals surface area contributed by atoms with E-state index in [1.807, 2.05) is 11.8 Å². The molecule has 6 unspecified atom stereocenters. The summed E-state index contributed by atoms with van der Waals surface area (Å²) in [4.78, 5) is 9.52. The number of benzene rings is 2. The second-order valence-corrected chi connectivity index (χ2v) is 14.7. The summed E-state index contributed by atoms with van der Waals surface area (Å²) in [5, 5.41) is 0.319. The summed E-state index contributed by atoms with van der Waals surface area (Å²) in [6, 6.07) is 19.4. The third kappa shape index (κ3) is 6.29. The second kappa shape index (κ2) is 14.2. The van der Waals surface area contributed by atoms with Gasteiger partial charge in [-0.3, -0.25) is 9.89 Å². The van der Waals surface area contributed by atoms with Gasteiger partial charge in [-0.1, -0.05) is 124 Å². The molecule has 5 aliphatic rings. The van der Waals surface area contributed by atoms with Crippen LogP contribution < -0.4 is 0 Å². The molecule has 0 saturated carbocycles. The number of aliphatic imine (C=N–C) groups is 1. The molecule has 236 valence electrons. The van der Waals surface area contributed by atoms with Gasteiger partial charge in [-0.2, -0.15) is 0 Å². The van der Waals surface area contributed by atoms with Crippen molar-refractivity contribution in [2.75, 3.05) is 0 Å². The van der Waals surface area contributed by atoms with E-state index in [2.05, 4.69) is 141 Å². The highest BCUT2D eigenvalue weighted by atomic mass is 32.2. The fraction of sp³-hybridized carbons (Fsp3) is 0.372. The summed E-state index contributed by atoms with van der Waals surface area (Å²) in [6.45, 7) is 7.03. The Hall–Kier alpha value is -3.40. The molecule has 3 heteroatoms. The molecule has 2 aromatic carbocycles. The van der Waals surface area contributed by atoms with E-state index in [4.69, 9.17) is 4.99 Å². The van der Waals surface area contributed by atoms with Gasteiger partial charge >= 0.3 is 0 Å². The molecule has 6 atom stereocenters. The second-order valence-electron chi connectivity index (χ2n) is 13.5. The first-order valence-electron chi connectivity index (χ1n) is 17.6. The van der Waals surface area contributed by atoms with Crippen molar-refractivity contribution in [3.05, 3.63) is 143 Å². The number of unbranched alkanes of at least 4 members (excludes halogenated alkanes) is 1. The standard InChI is InChI=1S/C43H48N2S/c1-4-5-6-7-8-17-31(3)45(39-23-13-9-16-30(39)2)35-27-25-32(26-28-35)33-18-15-19-34(29-33)42-43-41(36-20-10-12-22-38(36)44-42)37-21-11-14-24-40(37)46-43/h6-8,11,13-15,17-27,29-31,35,39,41,43H,4-5,9-10,12,16,28H2,1-3H3/b7-6-,17-8?. The summed E-state index contributed by atoms with van der Waals surface area (Å²) in [5.74, 6) is 1.04. The molecule has 7 rings (SSSR count). The number of allylic oxidation sites excluding steroid dienone is 9. The molecule has 2 nitrogen and oxygen atoms in total. The highest BCUT2D eigenvalue weighted by molar-refractivity contribution is 8.01. The average Bonchev–Trinajstić information content (AvgIpc) is 3.49. The minimum atomic E-state index is 0.319. The van der Waals surface area contributed by atoms with Crippen LogP contribution in [0.4, 0.5) is 0 Å². The molecule has 0 aromatic heterocycles. The SMILES string of the molecule is CCC/C=C\C=CC(C)N(C1C=CC(c2cccc(C3=NC4=CCCC=C4C4c5ccccc5SC34)c2)=CC1)C1C=CCCC1C. The maximum Gasteiger partial charge on any atom is 0.0633 e. The van der Waals surface area contributed by atoms with Gasteiger partial charge in [0, 0.05) is 28.9 Å². The number of fused-ring (bicyclic) bond motifs is 5. The summed E-state index contributed by atoms with van der Waals surface area (Å²) < 4.78 is 0. The van der Waals surface area contributed by atoms with E-state index in [0.717, 1.165) is 25.7 Å². The highest BCUT2D eigenvalue weighted by Crippen LogP contribution is 2.54. The first-order valence-corrected chi connectivity index (χ1v) is 18.5. The Balaban J connectivity index is 1.14. The van der Waals surface area contributed by atoms with Gasteiger partial charge in [-0.05, 0) is 91.3 Å². The quantitative estimate of drug-likeness (QED) is 0.204. The number of hydrogen-bond donors (Lipinski definition) is 0. The highest BCUT2D eigenvalue weighted by Gasteiger charge is 2.43. The fourth-order valence-electron chi connectivity index (χ4n) is 7.97. The van der Waals surface area contributed by atoms with Crippen molar-refractivity contribution in [3.8, 4) is 0 Å². The van der Waals surface area contributed by atoms with Crippen LogP contribution in [0.5, 0.6) is 0 Å². The van der Waals surface area contributed by atoms with Gasteiger partial charge in [-0.15, -0.1) is 11.8 Å². The van der Waals surface area contributed by atoms with E-state index in [1.54, 1.807) is 0 Å². The fourth-order valence-corrected chi connectivity index (χ4v) is 9.46. The molecule has 0 bridgehead atoms. The predicted molar refractivity (Wildman–Crippen MR) is 199 cm³/mol. The predicted octanol–water partition coefficient (Wildman–Crippen LogP) is 11.0. The topological polar surface area (TPSA) is 15.6 Å². The van der Waals surface area contributed by atoms with Crippen LogP contribution in [-0.2, 0) is 0 Å². The Kier molecular flexibility index (Phi) is 9.60. The molecular weight excluding hydrogens is 577 g/mol. The van der Waals surface area contributed by atoms with Gasteiger partial charge in [0.25, 0.3) is 0 Å². The van der Waals surface area contributed by atoms with E-state index in [0.29, 0.717) is 35.2 Å². The van der Waals surface area contributed by atoms with Crippen LogP contribution in [0, 0.1) is 5.92 Å². The van der Waals surface area contributed by atoms with Gasteiger partial charge < -0.3 is 0 Å². The van der Waals surface area contributed by atoms with Crippen molar-refractivity contribution in [2.24, 2.45) is 10.9 Å². The number of hydrogen-bond acceptors (Lipinski definition) is 3. The number of nitrogens with zero attached hydrogens (tertiary/aromatic N) is 2. The average molecular weight is 625 g/mol. The van der Waals surface area contributed by atoms with Gasteiger partial charge in [0.15, 0.2) is 0 Å². The maximum absolute atomic E-state index is 5.37. The van der Waals surface area contributed by atoms with E-state index in [-0.39, 0.29) is 0 Å². The van der Waals surface area contributed by atoms with Crippen molar-refractivity contribution in [1.29, 1.82) is 0 Å². The molecule has 0 radical (unpaired) electrons. The Labute approximate surface area is 281 Å². The van der Waals surface area contributed by atoms with Crippen LogP contribution in [0.1, 0.15) is 88.3 Å². The van der Waals surface area contributed by atoms with E-state index < -0.39 is 0 Å². The van der Waals surface area contributed by atoms with Gasteiger partial charge in [0.2, 0.25) is 0 Å². The van der Waals surface area contributed by atoms with Crippen LogP contribution in [0.3, 0.4) is 0 Å². The number of thioether (sulfide) groups is 1. The van der Waals surface area contributed by atoms with E-state index in [9.17, 15) is 0 Å². The zero-order chi connectivity index (χ0) is 31.5. The lowest BCUT2D eigenvalue weighted by Crippen LogP contribution is -2.49. The van der Waals surface area contributed by atoms with Crippen LogP contribution in [0.25, 0.3) is 5.57 Å². The molecule has 0 fully saturated rings. The summed E-state index contributed by atoms with van der Waals surface area (Å²) in [7, 11) is 0. The van der Waals surface area contributed by atoms with Crippen molar-refractivity contribution in [2.45, 2.75) is 99.9 Å². The Morgan fingerprint density at radius 1 is 0.978 bits per heavy atom. The zero-order valence-electron chi connectivity index (χ0n) is 27.7. The molecule has 0 amide bonds. The molecular formula is C43H48N2S.